The zero-order valence-electron chi connectivity index (χ0n) is 13.0. The Morgan fingerprint density at radius 1 is 1.29 bits per heavy atom. The number of rotatable bonds is 4. The van der Waals surface area contributed by atoms with E-state index in [9.17, 15) is 4.79 Å². The molecule has 2 rings (SSSR count). The van der Waals surface area contributed by atoms with Gasteiger partial charge >= 0.3 is 0 Å². The average molecular weight is 311 g/mol. The van der Waals surface area contributed by atoms with Gasteiger partial charge in [-0.15, -0.1) is 12.4 Å². The molecule has 0 heterocycles. The topological polar surface area (TPSA) is 55.1 Å². The van der Waals surface area contributed by atoms with Crippen LogP contribution < -0.4 is 11.1 Å². The maximum atomic E-state index is 12.1. The van der Waals surface area contributed by atoms with E-state index in [1.54, 1.807) is 0 Å². The van der Waals surface area contributed by atoms with E-state index in [2.05, 4.69) is 12.2 Å². The van der Waals surface area contributed by atoms with Crippen molar-refractivity contribution in [3.05, 3.63) is 35.4 Å². The van der Waals surface area contributed by atoms with Gasteiger partial charge in [-0.25, -0.2) is 0 Å². The largest absolute Gasteiger partial charge is 0.354 e. The number of benzene rings is 1. The average Bonchev–Trinajstić information content (AvgIpc) is 2.46. The third kappa shape index (κ3) is 5.01. The van der Waals surface area contributed by atoms with Crippen LogP contribution in [0.3, 0.4) is 0 Å². The molecule has 3 atom stereocenters. The third-order valence-electron chi connectivity index (χ3n) is 4.55. The van der Waals surface area contributed by atoms with Gasteiger partial charge in [0.2, 0.25) is 5.91 Å². The molecule has 1 amide bonds. The Bertz CT molecular complexity index is 447. The maximum absolute atomic E-state index is 12.1. The molecule has 1 aromatic carbocycles. The third-order valence-corrected chi connectivity index (χ3v) is 4.55. The molecular formula is C17H27ClN2O. The van der Waals surface area contributed by atoms with E-state index in [0.717, 1.165) is 12.1 Å². The standard InChI is InChI=1S/C17H26N2O.ClH/c1-12-7-9-14(10-8-12)16(18)17(20)19-11-15-6-4-3-5-13(15)2;/h7-10,13,15-16H,3-6,11,18H2,1-2H3,(H,19,20);1H. The zero-order valence-corrected chi connectivity index (χ0v) is 13.8. The summed E-state index contributed by atoms with van der Waals surface area (Å²) in [6.45, 7) is 5.08. The van der Waals surface area contributed by atoms with Crippen LogP contribution in [-0.4, -0.2) is 12.5 Å². The van der Waals surface area contributed by atoms with Gasteiger partial charge in [-0.3, -0.25) is 4.79 Å². The van der Waals surface area contributed by atoms with Gasteiger partial charge in [0.05, 0.1) is 0 Å². The van der Waals surface area contributed by atoms with Crippen LogP contribution in [0.25, 0.3) is 0 Å². The van der Waals surface area contributed by atoms with E-state index in [1.165, 1.54) is 31.2 Å². The number of hydrogen-bond donors (Lipinski definition) is 2. The summed E-state index contributed by atoms with van der Waals surface area (Å²) in [6, 6.07) is 7.29. The lowest BCUT2D eigenvalue weighted by molar-refractivity contribution is -0.122. The molecule has 118 valence electrons. The van der Waals surface area contributed by atoms with Crippen molar-refractivity contribution in [2.75, 3.05) is 6.54 Å². The van der Waals surface area contributed by atoms with Crippen LogP contribution in [0.2, 0.25) is 0 Å². The van der Waals surface area contributed by atoms with E-state index in [4.69, 9.17) is 5.73 Å². The predicted molar refractivity (Wildman–Crippen MR) is 89.5 cm³/mol. The number of amides is 1. The lowest BCUT2D eigenvalue weighted by Crippen LogP contribution is -2.38. The fourth-order valence-corrected chi connectivity index (χ4v) is 2.96. The Balaban J connectivity index is 0.00000220. The normalized spacial score (nSPS) is 23.0. The molecule has 21 heavy (non-hydrogen) atoms. The van der Waals surface area contributed by atoms with Crippen LogP contribution in [0.5, 0.6) is 0 Å². The molecule has 3 nitrogen and oxygen atoms in total. The number of aryl methyl sites for hydroxylation is 1. The first-order chi connectivity index (χ1) is 9.58. The van der Waals surface area contributed by atoms with Gasteiger partial charge < -0.3 is 11.1 Å². The fraction of sp³-hybridized carbons (Fsp3) is 0.588. The van der Waals surface area contributed by atoms with Crippen molar-refractivity contribution in [1.82, 2.24) is 5.32 Å². The first-order valence-electron chi connectivity index (χ1n) is 7.68. The molecule has 0 aromatic heterocycles. The van der Waals surface area contributed by atoms with Crippen molar-refractivity contribution in [3.63, 3.8) is 0 Å². The quantitative estimate of drug-likeness (QED) is 0.896. The van der Waals surface area contributed by atoms with E-state index < -0.39 is 6.04 Å². The highest BCUT2D eigenvalue weighted by Gasteiger charge is 2.23. The van der Waals surface area contributed by atoms with Crippen LogP contribution in [0.4, 0.5) is 0 Å². The van der Waals surface area contributed by atoms with Gasteiger partial charge in [0.25, 0.3) is 0 Å². The van der Waals surface area contributed by atoms with Gasteiger partial charge in [0, 0.05) is 6.54 Å². The summed E-state index contributed by atoms with van der Waals surface area (Å²) in [5, 5.41) is 3.03. The zero-order chi connectivity index (χ0) is 14.5. The first-order valence-corrected chi connectivity index (χ1v) is 7.68. The Morgan fingerprint density at radius 3 is 2.52 bits per heavy atom. The second kappa shape index (κ2) is 8.40. The summed E-state index contributed by atoms with van der Waals surface area (Å²) in [5.74, 6) is 1.25. The second-order valence-electron chi connectivity index (χ2n) is 6.16. The predicted octanol–water partition coefficient (Wildman–Crippen LogP) is 3.36. The minimum absolute atomic E-state index is 0. The number of nitrogens with one attached hydrogen (secondary N) is 1. The summed E-state index contributed by atoms with van der Waals surface area (Å²) in [4.78, 5) is 12.1. The van der Waals surface area contributed by atoms with Crippen LogP contribution >= 0.6 is 12.4 Å². The van der Waals surface area contributed by atoms with Gasteiger partial charge in [0.15, 0.2) is 0 Å². The van der Waals surface area contributed by atoms with E-state index in [0.29, 0.717) is 11.8 Å². The Morgan fingerprint density at radius 2 is 1.90 bits per heavy atom. The van der Waals surface area contributed by atoms with Crippen LogP contribution in [0.15, 0.2) is 24.3 Å². The van der Waals surface area contributed by atoms with Gasteiger partial charge in [-0.1, -0.05) is 56.0 Å². The smallest absolute Gasteiger partial charge is 0.241 e. The highest BCUT2D eigenvalue weighted by atomic mass is 35.5. The van der Waals surface area contributed by atoms with Crippen molar-refractivity contribution in [2.24, 2.45) is 17.6 Å². The summed E-state index contributed by atoms with van der Waals surface area (Å²) in [7, 11) is 0. The van der Waals surface area contributed by atoms with E-state index in [1.807, 2.05) is 31.2 Å². The minimum atomic E-state index is -0.561. The van der Waals surface area contributed by atoms with Crippen molar-refractivity contribution < 1.29 is 4.79 Å². The molecule has 1 aliphatic carbocycles. The molecule has 1 aromatic rings. The number of halogens is 1. The molecular weight excluding hydrogens is 284 g/mol. The van der Waals surface area contributed by atoms with Crippen LogP contribution in [0.1, 0.15) is 49.8 Å². The Labute approximate surface area is 134 Å². The monoisotopic (exact) mass is 310 g/mol. The molecule has 0 saturated heterocycles. The van der Waals surface area contributed by atoms with E-state index >= 15 is 0 Å². The first kappa shape index (κ1) is 18.0. The van der Waals surface area contributed by atoms with Gasteiger partial charge in [-0.05, 0) is 30.7 Å². The molecule has 0 spiro atoms. The number of carbonyl (C=O) groups excluding carboxylic acids is 1. The molecule has 1 aliphatic rings. The molecule has 1 saturated carbocycles. The van der Waals surface area contributed by atoms with Gasteiger partial charge in [0.1, 0.15) is 6.04 Å². The van der Waals surface area contributed by atoms with Crippen molar-refractivity contribution in [3.8, 4) is 0 Å². The summed E-state index contributed by atoms with van der Waals surface area (Å²) in [6.07, 6.45) is 5.12. The summed E-state index contributed by atoms with van der Waals surface area (Å²) < 4.78 is 0. The molecule has 3 N–H and O–H groups in total. The number of nitrogens with two attached hydrogens (primary N) is 1. The molecule has 4 heteroatoms. The highest BCUT2D eigenvalue weighted by molar-refractivity contribution is 5.85. The van der Waals surface area contributed by atoms with Crippen LogP contribution in [0, 0.1) is 18.8 Å². The maximum Gasteiger partial charge on any atom is 0.241 e. The van der Waals surface area contributed by atoms with Gasteiger partial charge in [-0.2, -0.15) is 0 Å². The van der Waals surface area contributed by atoms with Crippen LogP contribution in [-0.2, 0) is 4.79 Å². The summed E-state index contributed by atoms with van der Waals surface area (Å²) in [5.41, 5.74) is 8.08. The molecule has 0 aliphatic heterocycles. The lowest BCUT2D eigenvalue weighted by atomic mass is 9.80. The molecule has 0 radical (unpaired) electrons. The fourth-order valence-electron chi connectivity index (χ4n) is 2.96. The number of carbonyl (C=O) groups is 1. The van der Waals surface area contributed by atoms with Crippen molar-refractivity contribution in [1.29, 1.82) is 0 Å². The summed E-state index contributed by atoms with van der Waals surface area (Å²) >= 11 is 0. The van der Waals surface area contributed by atoms with E-state index in [-0.39, 0.29) is 18.3 Å². The Kier molecular flexibility index (Phi) is 7.20. The second-order valence-corrected chi connectivity index (χ2v) is 6.16. The Hall–Kier alpha value is -1.06. The molecule has 1 fully saturated rings. The van der Waals surface area contributed by atoms with Crippen molar-refractivity contribution in [2.45, 2.75) is 45.6 Å². The minimum Gasteiger partial charge on any atom is -0.354 e. The SMILES string of the molecule is Cc1ccc(C(N)C(=O)NCC2CCCCC2C)cc1.Cl. The van der Waals surface area contributed by atoms with Crippen molar-refractivity contribution >= 4 is 18.3 Å². The highest BCUT2D eigenvalue weighted by Crippen LogP contribution is 2.28. The molecule has 3 unspecified atom stereocenters. The lowest BCUT2D eigenvalue weighted by Gasteiger charge is -2.29. The molecule has 0 bridgehead atoms. The number of hydrogen-bond acceptors (Lipinski definition) is 2.